The van der Waals surface area contributed by atoms with Gasteiger partial charge in [0.05, 0.1) is 0 Å². The average Bonchev–Trinajstić information content (AvgIpc) is 2.79. The van der Waals surface area contributed by atoms with Gasteiger partial charge in [0.15, 0.2) is 17.5 Å². The maximum atomic E-state index is 14.5. The van der Waals surface area contributed by atoms with E-state index in [-0.39, 0.29) is 24.0 Å². The summed E-state index contributed by atoms with van der Waals surface area (Å²) >= 11 is 0. The normalized spacial score (nSPS) is 11.5. The lowest BCUT2D eigenvalue weighted by Gasteiger charge is -2.12. The van der Waals surface area contributed by atoms with Crippen molar-refractivity contribution in [1.82, 2.24) is 0 Å². The smallest absolute Gasteiger partial charge is 0.399 e. The van der Waals surface area contributed by atoms with Crippen LogP contribution in [0.2, 0.25) is 0 Å². The van der Waals surface area contributed by atoms with E-state index in [1.165, 1.54) is 24.3 Å². The highest BCUT2D eigenvalue weighted by atomic mass is 19.4. The van der Waals surface area contributed by atoms with Gasteiger partial charge in [0, 0.05) is 5.56 Å². The first kappa shape index (κ1) is 26.2. The summed E-state index contributed by atoms with van der Waals surface area (Å²) in [7, 11) is 0. The van der Waals surface area contributed by atoms with Crippen LogP contribution in [-0.4, -0.2) is 6.36 Å². The van der Waals surface area contributed by atoms with Crippen molar-refractivity contribution in [2.75, 3.05) is 0 Å². The molecule has 0 fully saturated rings. The van der Waals surface area contributed by atoms with Gasteiger partial charge in [0.2, 0.25) is 5.75 Å². The second-order valence-corrected chi connectivity index (χ2v) is 7.60. The third kappa shape index (κ3) is 7.03. The fourth-order valence-corrected chi connectivity index (χ4v) is 3.46. The Morgan fingerprint density at radius 1 is 0.686 bits per heavy atom. The van der Waals surface area contributed by atoms with E-state index >= 15 is 0 Å². The highest BCUT2D eigenvalue weighted by Crippen LogP contribution is 2.30. The second kappa shape index (κ2) is 10.9. The number of unbranched alkanes of at least 4 members (excludes halogenated alkanes) is 1. The quantitative estimate of drug-likeness (QED) is 0.220. The van der Waals surface area contributed by atoms with Crippen LogP contribution in [0.15, 0.2) is 60.7 Å². The molecule has 186 valence electrons. The van der Waals surface area contributed by atoms with Crippen molar-refractivity contribution >= 4 is 5.83 Å². The molecule has 0 amide bonds. The molecule has 0 saturated carbocycles. The molecule has 0 heterocycles. The average molecular weight is 504 g/mol. The predicted octanol–water partition coefficient (Wildman–Crippen LogP) is 8.77. The standard InChI is InChI=1S/C25H17F9O/c26-19-13-18(15-5-8-17(9-6-15)22(29)24(30)31)10-7-16(19)4-2-1-3-14-11-20(27)23(21(28)12-14)35-25(32,33)34/h5-13H,1-4H2. The zero-order valence-electron chi connectivity index (χ0n) is 17.8. The minimum atomic E-state index is -5.23. The maximum Gasteiger partial charge on any atom is 0.573 e. The molecule has 0 aromatic heterocycles. The van der Waals surface area contributed by atoms with Gasteiger partial charge in [-0.2, -0.15) is 8.78 Å². The number of hydrogen-bond acceptors (Lipinski definition) is 1. The second-order valence-electron chi connectivity index (χ2n) is 7.60. The van der Waals surface area contributed by atoms with Crippen LogP contribution in [0.25, 0.3) is 17.0 Å². The molecule has 0 radical (unpaired) electrons. The van der Waals surface area contributed by atoms with E-state index in [0.717, 1.165) is 24.3 Å². The fraction of sp³-hybridized carbons (Fsp3) is 0.200. The van der Waals surface area contributed by atoms with E-state index in [4.69, 9.17) is 0 Å². The minimum absolute atomic E-state index is 0.132. The summed E-state index contributed by atoms with van der Waals surface area (Å²) in [6, 6.07) is 11.0. The van der Waals surface area contributed by atoms with E-state index < -0.39 is 41.5 Å². The van der Waals surface area contributed by atoms with Gasteiger partial charge in [-0.25, -0.2) is 17.6 Å². The van der Waals surface area contributed by atoms with Crippen LogP contribution in [0.3, 0.4) is 0 Å². The van der Waals surface area contributed by atoms with E-state index in [1.807, 2.05) is 0 Å². The number of alkyl halides is 3. The molecule has 3 rings (SSSR count). The van der Waals surface area contributed by atoms with Crippen LogP contribution >= 0.6 is 0 Å². The summed E-state index contributed by atoms with van der Waals surface area (Å²) in [5.74, 6) is -6.62. The van der Waals surface area contributed by atoms with Gasteiger partial charge >= 0.3 is 12.4 Å². The minimum Gasteiger partial charge on any atom is -0.399 e. The van der Waals surface area contributed by atoms with E-state index in [1.54, 1.807) is 6.07 Å². The largest absolute Gasteiger partial charge is 0.573 e. The Morgan fingerprint density at radius 3 is 1.80 bits per heavy atom. The third-order valence-electron chi connectivity index (χ3n) is 5.13. The topological polar surface area (TPSA) is 9.23 Å². The Kier molecular flexibility index (Phi) is 8.14. The zero-order valence-corrected chi connectivity index (χ0v) is 17.8. The van der Waals surface area contributed by atoms with E-state index in [0.29, 0.717) is 29.5 Å². The first-order chi connectivity index (χ1) is 16.4. The number of benzene rings is 3. The molecule has 0 saturated heterocycles. The van der Waals surface area contributed by atoms with Crippen LogP contribution < -0.4 is 4.74 Å². The Balaban J connectivity index is 1.58. The summed E-state index contributed by atoms with van der Waals surface area (Å²) in [4.78, 5) is 0. The Labute approximate surface area is 194 Å². The van der Waals surface area contributed by atoms with Gasteiger partial charge in [-0.05, 0) is 66.1 Å². The van der Waals surface area contributed by atoms with Gasteiger partial charge in [-0.3, -0.25) is 0 Å². The zero-order chi connectivity index (χ0) is 25.8. The predicted molar refractivity (Wildman–Crippen MR) is 112 cm³/mol. The highest BCUT2D eigenvalue weighted by Gasteiger charge is 2.34. The van der Waals surface area contributed by atoms with Crippen molar-refractivity contribution in [3.8, 4) is 16.9 Å². The highest BCUT2D eigenvalue weighted by molar-refractivity contribution is 5.68. The van der Waals surface area contributed by atoms with E-state index in [2.05, 4.69) is 4.74 Å². The molecule has 0 unspecified atom stereocenters. The molecule has 35 heavy (non-hydrogen) atoms. The van der Waals surface area contributed by atoms with Gasteiger partial charge in [0.1, 0.15) is 5.82 Å². The molecule has 3 aromatic carbocycles. The Morgan fingerprint density at radius 2 is 1.26 bits per heavy atom. The molecule has 0 aliphatic rings. The van der Waals surface area contributed by atoms with Gasteiger partial charge in [-0.1, -0.05) is 36.4 Å². The lowest BCUT2D eigenvalue weighted by Crippen LogP contribution is -2.19. The van der Waals surface area contributed by atoms with Crippen LogP contribution in [0.4, 0.5) is 39.5 Å². The molecule has 0 atom stereocenters. The van der Waals surface area contributed by atoms with Crippen LogP contribution in [0.1, 0.15) is 29.5 Å². The van der Waals surface area contributed by atoms with Gasteiger partial charge in [0.25, 0.3) is 0 Å². The number of aryl methyl sites for hydroxylation is 2. The molecule has 0 aliphatic heterocycles. The van der Waals surface area contributed by atoms with E-state index in [9.17, 15) is 39.5 Å². The van der Waals surface area contributed by atoms with Crippen molar-refractivity contribution in [3.63, 3.8) is 0 Å². The van der Waals surface area contributed by atoms with Crippen molar-refractivity contribution in [1.29, 1.82) is 0 Å². The van der Waals surface area contributed by atoms with Gasteiger partial charge in [-0.15, -0.1) is 13.2 Å². The van der Waals surface area contributed by atoms with Crippen molar-refractivity contribution in [3.05, 3.63) is 94.8 Å². The number of hydrogen-bond donors (Lipinski definition) is 0. The Hall–Kier alpha value is -3.43. The SMILES string of the molecule is FC(F)=C(F)c1ccc(-c2ccc(CCCCc3cc(F)c(OC(F)(F)F)c(F)c3)c(F)c2)cc1. The molecule has 0 aliphatic carbocycles. The summed E-state index contributed by atoms with van der Waals surface area (Å²) in [6.45, 7) is 0. The molecule has 0 N–H and O–H groups in total. The van der Waals surface area contributed by atoms with Crippen molar-refractivity contribution in [2.24, 2.45) is 0 Å². The molecule has 10 heteroatoms. The monoisotopic (exact) mass is 504 g/mol. The fourth-order valence-electron chi connectivity index (χ4n) is 3.46. The lowest BCUT2D eigenvalue weighted by atomic mass is 9.99. The summed E-state index contributed by atoms with van der Waals surface area (Å²) < 4.78 is 120. The number of halogens is 9. The summed E-state index contributed by atoms with van der Waals surface area (Å²) in [5, 5.41) is 0. The summed E-state index contributed by atoms with van der Waals surface area (Å²) in [5.41, 5.74) is 1.15. The van der Waals surface area contributed by atoms with Gasteiger partial charge < -0.3 is 4.74 Å². The number of ether oxygens (including phenoxy) is 1. The van der Waals surface area contributed by atoms with Crippen LogP contribution in [-0.2, 0) is 12.8 Å². The summed E-state index contributed by atoms with van der Waals surface area (Å²) in [6.07, 6.45) is -6.42. The van der Waals surface area contributed by atoms with Crippen LogP contribution in [0, 0.1) is 17.5 Å². The molecular formula is C25H17F9O. The van der Waals surface area contributed by atoms with Crippen LogP contribution in [0.5, 0.6) is 5.75 Å². The maximum absolute atomic E-state index is 14.5. The molecule has 0 bridgehead atoms. The van der Waals surface area contributed by atoms with Crippen molar-refractivity contribution < 1.29 is 44.3 Å². The number of rotatable bonds is 8. The third-order valence-corrected chi connectivity index (χ3v) is 5.13. The molecule has 0 spiro atoms. The van der Waals surface area contributed by atoms with Crippen molar-refractivity contribution in [2.45, 2.75) is 32.0 Å². The first-order valence-electron chi connectivity index (χ1n) is 10.3. The Bertz CT molecular complexity index is 1190. The lowest BCUT2D eigenvalue weighted by molar-refractivity contribution is -0.276. The molecular weight excluding hydrogens is 487 g/mol. The first-order valence-corrected chi connectivity index (χ1v) is 10.3. The molecule has 1 nitrogen and oxygen atoms in total. The molecule has 3 aromatic rings.